The van der Waals surface area contributed by atoms with Crippen LogP contribution in [-0.2, 0) is 37.4 Å². The van der Waals surface area contributed by atoms with Gasteiger partial charge < -0.3 is 23.6 Å². The predicted octanol–water partition coefficient (Wildman–Crippen LogP) is 12.8. The minimum Gasteiger partial charge on any atom is -0.462 e. The molecule has 0 saturated carbocycles. The van der Waals surface area contributed by atoms with Crippen LogP contribution in [0.2, 0.25) is 0 Å². The number of carbonyl (C=O) groups is 2. The van der Waals surface area contributed by atoms with Gasteiger partial charge in [0.2, 0.25) is 0 Å². The van der Waals surface area contributed by atoms with Gasteiger partial charge in [0, 0.05) is 12.8 Å². The van der Waals surface area contributed by atoms with Gasteiger partial charge in [-0.1, -0.05) is 151 Å². The molecule has 1 aliphatic rings. The number of rotatable bonds is 41. The van der Waals surface area contributed by atoms with E-state index in [2.05, 4.69) is 74.6 Å². The summed E-state index contributed by atoms with van der Waals surface area (Å²) in [7, 11) is 1.41. The van der Waals surface area contributed by atoms with Crippen molar-refractivity contribution in [1.29, 1.82) is 0 Å². The molecule has 4 atom stereocenters. The van der Waals surface area contributed by atoms with E-state index in [0.29, 0.717) is 29.7 Å². The third-order valence-electron chi connectivity index (χ3n) is 10.1. The Morgan fingerprint density at radius 2 is 1.11 bits per heavy atom. The zero-order valence-corrected chi connectivity index (χ0v) is 40.0. The van der Waals surface area contributed by atoms with Crippen molar-refractivity contribution in [3.8, 4) is 0 Å². The van der Waals surface area contributed by atoms with Gasteiger partial charge in [-0.3, -0.25) is 18.6 Å². The smallest absolute Gasteiger partial charge is 0.462 e. The molecule has 0 amide bonds. The summed E-state index contributed by atoms with van der Waals surface area (Å²) < 4.78 is 40.0. The first-order chi connectivity index (χ1) is 29.5. The number of nitrogens with zero attached hydrogens (tertiary/aromatic N) is 1. The average molecular weight is 877 g/mol. The SMILES string of the molecule is CC/C=C\CC1OC1C/C=C\C/C=C\C/C=C\C/C=C\CCC(=O)O[C@H](COC(=O)CCCCCCCCC/C=C\CCCCCCCC)COP(=O)(O)OCC[N+](C)(C)C. The van der Waals surface area contributed by atoms with E-state index >= 15 is 0 Å². The van der Waals surface area contributed by atoms with Crippen molar-refractivity contribution in [3.05, 3.63) is 72.9 Å². The lowest BCUT2D eigenvalue weighted by atomic mass is 10.1. The third kappa shape index (κ3) is 38.8. The molecule has 0 radical (unpaired) electrons. The summed E-state index contributed by atoms with van der Waals surface area (Å²) in [6.07, 6.45) is 50.0. The number of phosphoric acid groups is 1. The number of phosphoric ester groups is 1. The van der Waals surface area contributed by atoms with Gasteiger partial charge in [0.15, 0.2) is 6.10 Å². The summed E-state index contributed by atoms with van der Waals surface area (Å²) in [6, 6.07) is 0. The number of carbonyl (C=O) groups excluding carboxylic acids is 2. The monoisotopic (exact) mass is 877 g/mol. The first-order valence-corrected chi connectivity index (χ1v) is 25.3. The van der Waals surface area contributed by atoms with Crippen LogP contribution in [0.3, 0.4) is 0 Å². The van der Waals surface area contributed by atoms with Crippen LogP contribution in [0.1, 0.15) is 168 Å². The molecule has 11 heteroatoms. The lowest BCUT2D eigenvalue weighted by Gasteiger charge is -2.24. The maximum atomic E-state index is 12.7. The normalized spacial score (nSPS) is 17.5. The van der Waals surface area contributed by atoms with Crippen molar-refractivity contribution < 1.29 is 46.8 Å². The molecule has 1 heterocycles. The van der Waals surface area contributed by atoms with Gasteiger partial charge in [0.1, 0.15) is 19.8 Å². The van der Waals surface area contributed by atoms with E-state index in [9.17, 15) is 19.0 Å². The second-order valence-electron chi connectivity index (χ2n) is 17.1. The lowest BCUT2D eigenvalue weighted by Crippen LogP contribution is -2.37. The number of hydrogen-bond donors (Lipinski definition) is 1. The fourth-order valence-corrected chi connectivity index (χ4v) is 7.05. The largest absolute Gasteiger partial charge is 0.472 e. The Morgan fingerprint density at radius 3 is 1.69 bits per heavy atom. The third-order valence-corrected chi connectivity index (χ3v) is 11.1. The number of quaternary nitrogens is 1. The highest BCUT2D eigenvalue weighted by Crippen LogP contribution is 2.43. The molecule has 0 aliphatic carbocycles. The minimum atomic E-state index is -4.41. The van der Waals surface area contributed by atoms with E-state index in [-0.39, 0.29) is 26.1 Å². The summed E-state index contributed by atoms with van der Waals surface area (Å²) in [4.78, 5) is 35.4. The van der Waals surface area contributed by atoms with Crippen LogP contribution in [0.25, 0.3) is 0 Å². The number of unbranched alkanes of at least 4 members (excludes halogenated alkanes) is 13. The van der Waals surface area contributed by atoms with Crippen molar-refractivity contribution in [2.24, 2.45) is 0 Å². The first-order valence-electron chi connectivity index (χ1n) is 23.8. The summed E-state index contributed by atoms with van der Waals surface area (Å²) in [5, 5.41) is 0. The Morgan fingerprint density at radius 1 is 0.607 bits per heavy atom. The van der Waals surface area contributed by atoms with Gasteiger partial charge in [0.05, 0.1) is 40.0 Å². The molecule has 1 N–H and O–H groups in total. The van der Waals surface area contributed by atoms with Crippen LogP contribution in [0.5, 0.6) is 0 Å². The summed E-state index contributed by atoms with van der Waals surface area (Å²) in [5.74, 6) is -0.910. The van der Waals surface area contributed by atoms with Gasteiger partial charge in [-0.2, -0.15) is 0 Å². The molecular formula is C50H87NO9P+. The Hall–Kier alpha value is -2.59. The maximum Gasteiger partial charge on any atom is 0.472 e. The van der Waals surface area contributed by atoms with E-state index in [1.807, 2.05) is 33.3 Å². The molecule has 0 aromatic heterocycles. The van der Waals surface area contributed by atoms with Gasteiger partial charge in [0.25, 0.3) is 0 Å². The average Bonchev–Trinajstić information content (AvgIpc) is 3.97. The maximum absolute atomic E-state index is 12.7. The van der Waals surface area contributed by atoms with E-state index in [0.717, 1.165) is 70.6 Å². The van der Waals surface area contributed by atoms with Crippen LogP contribution in [0, 0.1) is 0 Å². The molecule has 350 valence electrons. The number of allylic oxidation sites excluding steroid dienone is 10. The molecular weight excluding hydrogens is 790 g/mol. The van der Waals surface area contributed by atoms with Crippen molar-refractivity contribution in [2.45, 2.75) is 186 Å². The molecule has 0 aromatic carbocycles. The quantitative estimate of drug-likeness (QED) is 0.0160. The van der Waals surface area contributed by atoms with Gasteiger partial charge >= 0.3 is 19.8 Å². The molecule has 1 fully saturated rings. The Kier molecular flexibility index (Phi) is 35.1. The van der Waals surface area contributed by atoms with E-state index in [1.54, 1.807) is 0 Å². The Balaban J connectivity index is 2.31. The zero-order chi connectivity index (χ0) is 44.7. The molecule has 0 bridgehead atoms. The fraction of sp³-hybridized carbons (Fsp3) is 0.720. The highest BCUT2D eigenvalue weighted by atomic mass is 31.2. The number of ether oxygens (including phenoxy) is 3. The number of likely N-dealkylation sites (N-methyl/N-ethyl adjacent to an activating group) is 1. The van der Waals surface area contributed by atoms with Crippen LogP contribution in [0.15, 0.2) is 72.9 Å². The topological polar surface area (TPSA) is 121 Å². The highest BCUT2D eigenvalue weighted by molar-refractivity contribution is 7.47. The lowest BCUT2D eigenvalue weighted by molar-refractivity contribution is -0.870. The number of epoxide rings is 1. The van der Waals surface area contributed by atoms with Crippen molar-refractivity contribution >= 4 is 19.8 Å². The van der Waals surface area contributed by atoms with Crippen LogP contribution in [-0.4, -0.2) is 87.1 Å². The second kappa shape index (κ2) is 37.9. The summed E-state index contributed by atoms with van der Waals surface area (Å²) >= 11 is 0. The number of esters is 2. The van der Waals surface area contributed by atoms with E-state index in [4.69, 9.17) is 23.3 Å². The molecule has 1 rings (SSSR count). The second-order valence-corrected chi connectivity index (χ2v) is 18.6. The number of hydrogen-bond acceptors (Lipinski definition) is 8. The van der Waals surface area contributed by atoms with E-state index in [1.165, 1.54) is 64.2 Å². The van der Waals surface area contributed by atoms with Crippen molar-refractivity contribution in [3.63, 3.8) is 0 Å². The summed E-state index contributed by atoms with van der Waals surface area (Å²) in [6.45, 7) is 4.20. The summed E-state index contributed by atoms with van der Waals surface area (Å²) in [5.41, 5.74) is 0. The first kappa shape index (κ1) is 56.4. The standard InChI is InChI=1S/C50H86NO9P/c1-6-8-10-11-12-13-14-15-16-17-18-19-23-26-29-32-36-40-49(52)56-44-46(45-58-61(54,55)57-43-42-51(3,4)5)59-50(53)41-37-33-30-27-24-21-20-22-25-28-31-35-39-48-47(60-48)38-34-9-7-2/h9,15-16,21-22,24-25,30-31,33-35,46-48H,6-8,10-14,17-20,23,26-29,32,36-45H2,1-5H3/p+1/b16-15-,24-21-,25-22-,33-30-,34-9-,35-31-/t46-,47?,48?/m1/s1. The molecule has 0 aromatic rings. The van der Waals surface area contributed by atoms with Gasteiger partial charge in [-0.15, -0.1) is 0 Å². The molecule has 61 heavy (non-hydrogen) atoms. The molecule has 1 saturated heterocycles. The predicted molar refractivity (Wildman–Crippen MR) is 251 cm³/mol. The molecule has 0 spiro atoms. The molecule has 10 nitrogen and oxygen atoms in total. The van der Waals surface area contributed by atoms with Crippen LogP contribution < -0.4 is 0 Å². The molecule has 3 unspecified atom stereocenters. The molecule has 1 aliphatic heterocycles. The van der Waals surface area contributed by atoms with Crippen LogP contribution in [0.4, 0.5) is 0 Å². The Bertz CT molecular complexity index is 1330. The van der Waals surface area contributed by atoms with Gasteiger partial charge in [-0.05, 0) is 77.0 Å². The minimum absolute atomic E-state index is 0.0122. The zero-order valence-electron chi connectivity index (χ0n) is 39.1. The van der Waals surface area contributed by atoms with Crippen LogP contribution >= 0.6 is 7.82 Å². The highest BCUT2D eigenvalue weighted by Gasteiger charge is 2.36. The van der Waals surface area contributed by atoms with E-state index < -0.39 is 32.5 Å². The van der Waals surface area contributed by atoms with Gasteiger partial charge in [-0.25, -0.2) is 4.57 Å². The fourth-order valence-electron chi connectivity index (χ4n) is 6.31. The Labute approximate surface area is 372 Å². The van der Waals surface area contributed by atoms with Crippen molar-refractivity contribution in [1.82, 2.24) is 0 Å². The van der Waals surface area contributed by atoms with Crippen molar-refractivity contribution in [2.75, 3.05) is 47.5 Å².